The van der Waals surface area contributed by atoms with Crippen LogP contribution in [0.1, 0.15) is 49.3 Å². The number of benzene rings is 2. The van der Waals surface area contributed by atoms with Gasteiger partial charge in [-0.25, -0.2) is 4.79 Å². The van der Waals surface area contributed by atoms with E-state index < -0.39 is 59.6 Å². The van der Waals surface area contributed by atoms with Gasteiger partial charge < -0.3 is 44.5 Å². The molecule has 5 N–H and O–H groups in total. The Morgan fingerprint density at radius 2 is 1.73 bits per heavy atom. The molecule has 212 valence electrons. The molecule has 0 spiro atoms. The minimum absolute atomic E-state index is 0.0699. The van der Waals surface area contributed by atoms with Gasteiger partial charge >= 0.3 is 5.97 Å². The first-order valence-corrected chi connectivity index (χ1v) is 12.8. The Hall–Kier alpha value is -3.61. The topological polar surface area (TPSA) is 180 Å². The monoisotopic (exact) mass is 554 g/mol. The fourth-order valence-corrected chi connectivity index (χ4v) is 5.49. The Kier molecular flexibility index (Phi) is 7.05. The van der Waals surface area contributed by atoms with Crippen molar-refractivity contribution >= 4 is 23.8 Å². The highest BCUT2D eigenvalue weighted by Gasteiger charge is 2.54. The molecular formula is C29H30O11. The second-order valence-electron chi connectivity index (χ2n) is 10.8. The van der Waals surface area contributed by atoms with Crippen LogP contribution >= 0.6 is 0 Å². The van der Waals surface area contributed by atoms with Crippen molar-refractivity contribution in [3.8, 4) is 5.75 Å². The molecule has 11 nitrogen and oxygen atoms in total. The molecule has 0 radical (unpaired) electrons. The number of aliphatic carboxylic acids is 1. The van der Waals surface area contributed by atoms with Crippen molar-refractivity contribution in [2.24, 2.45) is 0 Å². The highest BCUT2D eigenvalue weighted by molar-refractivity contribution is 6.12. The van der Waals surface area contributed by atoms with Crippen molar-refractivity contribution in [2.45, 2.75) is 74.5 Å². The second kappa shape index (κ2) is 10.1. The molecule has 40 heavy (non-hydrogen) atoms. The lowest BCUT2D eigenvalue weighted by atomic mass is 9.67. The zero-order chi connectivity index (χ0) is 29.0. The van der Waals surface area contributed by atoms with Gasteiger partial charge in [0.05, 0.1) is 5.92 Å². The predicted octanol–water partition coefficient (Wildman–Crippen LogP) is 1.01. The molecule has 1 aliphatic carbocycles. The van der Waals surface area contributed by atoms with E-state index in [1.54, 1.807) is 24.3 Å². The maximum atomic E-state index is 13.8. The highest BCUT2D eigenvalue weighted by atomic mass is 16.7. The van der Waals surface area contributed by atoms with E-state index in [4.69, 9.17) is 14.2 Å². The minimum Gasteiger partial charge on any atom is -0.487 e. The fraction of sp³-hybridized carbons (Fsp3) is 0.414. The van der Waals surface area contributed by atoms with Crippen molar-refractivity contribution in [3.63, 3.8) is 0 Å². The van der Waals surface area contributed by atoms with E-state index in [9.17, 15) is 39.9 Å². The van der Waals surface area contributed by atoms with Crippen molar-refractivity contribution < 1.29 is 54.1 Å². The first-order chi connectivity index (χ1) is 18.9. The number of carboxylic acids is 1. The number of rotatable bonds is 6. The quantitative estimate of drug-likeness (QED) is 0.322. The summed E-state index contributed by atoms with van der Waals surface area (Å²) in [5.74, 6) is -2.98. The third-order valence-electron chi connectivity index (χ3n) is 7.72. The molecule has 2 heterocycles. The van der Waals surface area contributed by atoms with Gasteiger partial charge in [-0.05, 0) is 44.4 Å². The van der Waals surface area contributed by atoms with E-state index in [-0.39, 0.29) is 16.9 Å². The Morgan fingerprint density at radius 3 is 2.38 bits per heavy atom. The number of ether oxygens (including phenoxy) is 3. The number of aliphatic hydroxyl groups is 4. The number of carbonyl (C=O) groups excluding carboxylic acids is 2. The average molecular weight is 555 g/mol. The van der Waals surface area contributed by atoms with Crippen LogP contribution in [0.2, 0.25) is 0 Å². The summed E-state index contributed by atoms with van der Waals surface area (Å²) in [4.78, 5) is 37.7. The lowest BCUT2D eigenvalue weighted by molar-refractivity contribution is -0.271. The zero-order valence-corrected chi connectivity index (χ0v) is 21.8. The third kappa shape index (κ3) is 4.49. The van der Waals surface area contributed by atoms with Crippen molar-refractivity contribution in [1.29, 1.82) is 0 Å². The molecule has 2 aromatic rings. The van der Waals surface area contributed by atoms with E-state index >= 15 is 0 Å². The number of hydrogen-bond donors (Lipinski definition) is 5. The molecule has 7 atom stereocenters. The standard InChI is InChI=1S/C29H30O11/c1-28(2)12-11-17-23(40-28)16-5-3-4-6-18(16)29(37,25(17)34)19(13-30)14-7-9-15(10-8-14)38-27-22(33)20(31)21(32)24(39-27)26(35)36/h3-10,13,19-22,24,27,31-33,37H,11-12H2,1-2H3,(H,35,36)/t19?,20-,21-,22+,24-,27+,29?/m0/s1. The van der Waals surface area contributed by atoms with Crippen LogP contribution < -0.4 is 4.74 Å². The van der Waals surface area contributed by atoms with E-state index in [2.05, 4.69) is 0 Å². The third-order valence-corrected chi connectivity index (χ3v) is 7.72. The molecule has 1 fully saturated rings. The molecule has 0 bridgehead atoms. The molecule has 2 unspecified atom stereocenters. The van der Waals surface area contributed by atoms with Gasteiger partial charge in [-0.3, -0.25) is 4.79 Å². The summed E-state index contributed by atoms with van der Waals surface area (Å²) in [7, 11) is 0. The van der Waals surface area contributed by atoms with E-state index in [0.717, 1.165) is 0 Å². The van der Waals surface area contributed by atoms with Crippen molar-refractivity contribution in [1.82, 2.24) is 0 Å². The van der Waals surface area contributed by atoms with Gasteiger partial charge in [-0.15, -0.1) is 0 Å². The van der Waals surface area contributed by atoms with Gasteiger partial charge in [0.1, 0.15) is 41.7 Å². The molecule has 5 rings (SSSR count). The Morgan fingerprint density at radius 1 is 1.05 bits per heavy atom. The van der Waals surface area contributed by atoms with Gasteiger partial charge in [-0.1, -0.05) is 36.4 Å². The number of Topliss-reactive ketones (excluding diaryl/α,β-unsaturated/α-hetero) is 1. The number of aliphatic hydroxyl groups excluding tert-OH is 3. The van der Waals surface area contributed by atoms with Crippen LogP contribution in [0.25, 0.3) is 5.76 Å². The average Bonchev–Trinajstić information content (AvgIpc) is 2.93. The summed E-state index contributed by atoms with van der Waals surface area (Å²) in [6.07, 6.45) is -7.47. The van der Waals surface area contributed by atoms with Crippen LogP contribution in [-0.4, -0.2) is 79.9 Å². The predicted molar refractivity (Wildman–Crippen MR) is 137 cm³/mol. The molecule has 2 aromatic carbocycles. The summed E-state index contributed by atoms with van der Waals surface area (Å²) >= 11 is 0. The molecule has 2 aliphatic heterocycles. The minimum atomic E-state index is -2.21. The maximum Gasteiger partial charge on any atom is 0.335 e. The molecular weight excluding hydrogens is 524 g/mol. The van der Waals surface area contributed by atoms with Crippen LogP contribution in [0.5, 0.6) is 5.75 Å². The Balaban J connectivity index is 1.45. The molecule has 0 saturated carbocycles. The number of carboxylic acid groups (broad SMARTS) is 1. The highest BCUT2D eigenvalue weighted by Crippen LogP contribution is 2.50. The lowest BCUT2D eigenvalue weighted by Gasteiger charge is -2.43. The number of ketones is 1. The summed E-state index contributed by atoms with van der Waals surface area (Å²) in [5.41, 5.74) is -1.31. The summed E-state index contributed by atoms with van der Waals surface area (Å²) in [5, 5.41) is 51.3. The Labute approximate surface area is 229 Å². The molecule has 3 aliphatic rings. The molecule has 0 aromatic heterocycles. The first-order valence-electron chi connectivity index (χ1n) is 12.8. The van der Waals surface area contributed by atoms with Crippen molar-refractivity contribution in [2.75, 3.05) is 0 Å². The number of fused-ring (bicyclic) bond motifs is 2. The van der Waals surface area contributed by atoms with E-state index in [1.807, 2.05) is 13.8 Å². The summed E-state index contributed by atoms with van der Waals surface area (Å²) in [6, 6.07) is 12.4. The largest absolute Gasteiger partial charge is 0.487 e. The van der Waals surface area contributed by atoms with E-state index in [1.165, 1.54) is 24.3 Å². The van der Waals surface area contributed by atoms with Gasteiger partial charge in [0.15, 0.2) is 17.5 Å². The number of carbonyl (C=O) groups is 3. The maximum absolute atomic E-state index is 13.8. The molecule has 11 heteroatoms. The SMILES string of the molecule is CC1(C)CCC2=C(O1)c1ccccc1C(O)(C(C=O)c1ccc(O[C@@H]3O[C@H](C(=O)O)[C@@H](O)[C@H](O)[C@H]3O)cc1)C2=O. The lowest BCUT2D eigenvalue weighted by Crippen LogP contribution is -2.61. The van der Waals surface area contributed by atoms with Crippen LogP contribution in [0.15, 0.2) is 54.1 Å². The second-order valence-corrected chi connectivity index (χ2v) is 10.8. The van der Waals surface area contributed by atoms with Gasteiger partial charge in [0.2, 0.25) is 6.29 Å². The van der Waals surface area contributed by atoms with E-state index in [0.29, 0.717) is 36.0 Å². The summed E-state index contributed by atoms with van der Waals surface area (Å²) < 4.78 is 16.8. The van der Waals surface area contributed by atoms with Crippen LogP contribution in [0, 0.1) is 0 Å². The normalized spacial score (nSPS) is 31.9. The van der Waals surface area contributed by atoms with Crippen LogP contribution in [0.3, 0.4) is 0 Å². The van der Waals surface area contributed by atoms with Gasteiger partial charge in [0.25, 0.3) is 0 Å². The number of hydrogen-bond acceptors (Lipinski definition) is 10. The number of aldehydes is 1. The zero-order valence-electron chi connectivity index (χ0n) is 21.8. The Bertz CT molecular complexity index is 1360. The van der Waals surface area contributed by atoms with Crippen LogP contribution in [0.4, 0.5) is 0 Å². The summed E-state index contributed by atoms with van der Waals surface area (Å²) in [6.45, 7) is 3.84. The van der Waals surface area contributed by atoms with Crippen LogP contribution in [-0.2, 0) is 29.5 Å². The van der Waals surface area contributed by atoms with Gasteiger partial charge in [-0.2, -0.15) is 0 Å². The van der Waals surface area contributed by atoms with Gasteiger partial charge in [0, 0.05) is 16.7 Å². The smallest absolute Gasteiger partial charge is 0.335 e. The molecule has 0 amide bonds. The molecule has 1 saturated heterocycles. The van der Waals surface area contributed by atoms with Crippen molar-refractivity contribution in [3.05, 3.63) is 70.8 Å². The first kappa shape index (κ1) is 27.9. The fourth-order valence-electron chi connectivity index (χ4n) is 5.49.